The Hall–Kier alpha value is -3.21. The van der Waals surface area contributed by atoms with E-state index < -0.39 is 0 Å². The number of nitrogens with one attached hydrogen (secondary N) is 1. The summed E-state index contributed by atoms with van der Waals surface area (Å²) in [7, 11) is 0. The van der Waals surface area contributed by atoms with Gasteiger partial charge in [0.25, 0.3) is 0 Å². The molecule has 2 atom stereocenters. The van der Waals surface area contributed by atoms with Gasteiger partial charge in [-0.1, -0.05) is 37.3 Å². The van der Waals surface area contributed by atoms with E-state index in [0.717, 1.165) is 23.2 Å². The number of hydrogen-bond donors (Lipinski definition) is 1. The average molecular weight is 342 g/mol. The van der Waals surface area contributed by atoms with Crippen LogP contribution in [0.1, 0.15) is 19.0 Å². The zero-order valence-corrected chi connectivity index (χ0v) is 14.4. The number of fused-ring (bicyclic) bond motifs is 2. The first-order chi connectivity index (χ1) is 12.6. The van der Waals surface area contributed by atoms with E-state index in [1.807, 2.05) is 24.4 Å². The minimum atomic E-state index is -0.209. The maximum absolute atomic E-state index is 12.4. The maximum Gasteiger partial charge on any atom is 0.331 e. The van der Waals surface area contributed by atoms with Crippen LogP contribution in [0.25, 0.3) is 16.3 Å². The van der Waals surface area contributed by atoms with Gasteiger partial charge >= 0.3 is 6.03 Å². The van der Waals surface area contributed by atoms with Gasteiger partial charge in [-0.3, -0.25) is 9.55 Å². The molecule has 0 saturated heterocycles. The van der Waals surface area contributed by atoms with Crippen molar-refractivity contribution >= 4 is 22.4 Å². The molecule has 1 unspecified atom stereocenters. The number of amides is 1. The van der Waals surface area contributed by atoms with Crippen molar-refractivity contribution in [3.05, 3.63) is 78.8 Å². The smallest absolute Gasteiger partial charge is 0.308 e. The average Bonchev–Trinajstić information content (AvgIpc) is 3.07. The first kappa shape index (κ1) is 15.1. The van der Waals surface area contributed by atoms with Crippen LogP contribution in [0.5, 0.6) is 0 Å². The predicted molar refractivity (Wildman–Crippen MR) is 100 cm³/mol. The fourth-order valence-electron chi connectivity index (χ4n) is 3.85. The van der Waals surface area contributed by atoms with Crippen molar-refractivity contribution in [1.82, 2.24) is 19.9 Å². The van der Waals surface area contributed by atoms with Crippen molar-refractivity contribution in [2.24, 2.45) is 11.3 Å². The summed E-state index contributed by atoms with van der Waals surface area (Å²) in [6.45, 7) is 2.28. The molecule has 1 aromatic carbocycles. The largest absolute Gasteiger partial charge is 0.331 e. The molecule has 3 aromatic rings. The molecule has 0 spiro atoms. The van der Waals surface area contributed by atoms with Crippen LogP contribution in [0.2, 0.25) is 0 Å². The Morgan fingerprint density at radius 1 is 1.27 bits per heavy atom. The molecule has 5 heteroatoms. The van der Waals surface area contributed by atoms with Crippen molar-refractivity contribution in [3.8, 4) is 0 Å². The lowest BCUT2D eigenvalue weighted by molar-refractivity contribution is 0.245. The molecule has 1 N–H and O–H groups in total. The maximum atomic E-state index is 12.4. The van der Waals surface area contributed by atoms with Crippen LogP contribution < -0.4 is 5.32 Å². The fourth-order valence-corrected chi connectivity index (χ4v) is 3.85. The summed E-state index contributed by atoms with van der Waals surface area (Å²) in [6, 6.07) is 10.1. The van der Waals surface area contributed by atoms with Crippen molar-refractivity contribution < 1.29 is 4.79 Å². The highest BCUT2D eigenvalue weighted by Crippen LogP contribution is 2.63. The number of hydrogen-bond acceptors (Lipinski definition) is 3. The van der Waals surface area contributed by atoms with Crippen LogP contribution in [0.4, 0.5) is 4.79 Å². The minimum absolute atomic E-state index is 0.0976. The Bertz CT molecular complexity index is 1080. The lowest BCUT2D eigenvalue weighted by Gasteiger charge is -2.22. The van der Waals surface area contributed by atoms with Crippen LogP contribution >= 0.6 is 0 Å². The molecule has 128 valence electrons. The van der Waals surface area contributed by atoms with E-state index in [-0.39, 0.29) is 11.4 Å². The van der Waals surface area contributed by atoms with Gasteiger partial charge in [0.05, 0.1) is 5.69 Å². The molecule has 0 radical (unpaired) electrons. The van der Waals surface area contributed by atoms with E-state index in [2.05, 4.69) is 41.5 Å². The monoisotopic (exact) mass is 342 g/mol. The molecule has 0 aliphatic heterocycles. The van der Waals surface area contributed by atoms with Gasteiger partial charge < -0.3 is 5.32 Å². The van der Waals surface area contributed by atoms with E-state index in [0.29, 0.717) is 5.92 Å². The molecular formula is C21H18N4O. The molecule has 1 fully saturated rings. The molecule has 1 saturated carbocycles. The highest BCUT2D eigenvalue weighted by atomic mass is 16.2. The molecule has 5 rings (SSSR count). The van der Waals surface area contributed by atoms with Gasteiger partial charge in [0.1, 0.15) is 6.33 Å². The number of carbonyl (C=O) groups is 1. The molecule has 2 aliphatic rings. The lowest BCUT2D eigenvalue weighted by atomic mass is 9.86. The first-order valence-corrected chi connectivity index (χ1v) is 8.72. The summed E-state index contributed by atoms with van der Waals surface area (Å²) in [5.41, 5.74) is 3.13. The standard InChI is InChI=1S/C21H18N4O/c1-21-12-15(21)10-16(24-20(26)25-9-8-22-13-25)11-18(21)19-17-5-3-2-4-14(17)6-7-23-19/h2-11,13,15H,12H2,1H3,(H,24,26)/t15?,21-/m0/s1. The van der Waals surface area contributed by atoms with Gasteiger partial charge in [-0.15, -0.1) is 0 Å². The number of rotatable bonds is 2. The number of aromatic nitrogens is 3. The number of pyridine rings is 1. The number of imidazole rings is 1. The van der Waals surface area contributed by atoms with Crippen molar-refractivity contribution in [2.75, 3.05) is 0 Å². The summed E-state index contributed by atoms with van der Waals surface area (Å²) in [5, 5.41) is 5.31. The number of nitrogens with zero attached hydrogens (tertiary/aromatic N) is 3. The minimum Gasteiger partial charge on any atom is -0.308 e. The predicted octanol–water partition coefficient (Wildman–Crippen LogP) is 4.00. The number of allylic oxidation sites excluding steroid dienone is 3. The molecular weight excluding hydrogens is 324 g/mol. The first-order valence-electron chi connectivity index (χ1n) is 8.72. The second-order valence-electron chi connectivity index (χ2n) is 7.19. The lowest BCUT2D eigenvalue weighted by Crippen LogP contribution is -2.27. The summed E-state index contributed by atoms with van der Waals surface area (Å²) in [6.07, 6.45) is 11.9. The van der Waals surface area contributed by atoms with E-state index in [1.54, 1.807) is 12.4 Å². The van der Waals surface area contributed by atoms with Crippen molar-refractivity contribution in [2.45, 2.75) is 13.3 Å². The van der Waals surface area contributed by atoms with E-state index in [1.165, 1.54) is 21.9 Å². The molecule has 2 aliphatic carbocycles. The van der Waals surface area contributed by atoms with Crippen molar-refractivity contribution in [1.29, 1.82) is 0 Å². The summed E-state index contributed by atoms with van der Waals surface area (Å²) >= 11 is 0. The Balaban J connectivity index is 1.56. The van der Waals surface area contributed by atoms with E-state index in [9.17, 15) is 4.79 Å². The Labute approximate surface area is 151 Å². The quantitative estimate of drug-likeness (QED) is 0.766. The number of benzene rings is 1. The second-order valence-corrected chi connectivity index (χ2v) is 7.19. The van der Waals surface area contributed by atoms with Crippen LogP contribution in [0.15, 0.2) is 73.1 Å². The van der Waals surface area contributed by atoms with Gasteiger partial charge in [-0.25, -0.2) is 9.78 Å². The number of carbonyl (C=O) groups excluding carboxylic acids is 1. The summed E-state index contributed by atoms with van der Waals surface area (Å²) in [4.78, 5) is 21.0. The van der Waals surface area contributed by atoms with Crippen molar-refractivity contribution in [3.63, 3.8) is 0 Å². The third-order valence-electron chi connectivity index (χ3n) is 5.52. The SMILES string of the molecule is C[C@]12CC1C=C(NC(=O)n1ccnc1)C=C2c1nccc2ccccc12. The van der Waals surface area contributed by atoms with Gasteiger partial charge in [0.2, 0.25) is 0 Å². The zero-order valence-electron chi connectivity index (χ0n) is 14.4. The normalized spacial score (nSPS) is 23.8. The highest BCUT2D eigenvalue weighted by Gasteiger charge is 2.54. The highest BCUT2D eigenvalue weighted by molar-refractivity contribution is 5.95. The zero-order chi connectivity index (χ0) is 17.7. The van der Waals surface area contributed by atoms with E-state index in [4.69, 9.17) is 4.98 Å². The Morgan fingerprint density at radius 3 is 3.00 bits per heavy atom. The molecule has 0 bridgehead atoms. The molecule has 1 amide bonds. The van der Waals surface area contributed by atoms with Crippen LogP contribution in [0, 0.1) is 11.3 Å². The fraction of sp³-hybridized carbons (Fsp3) is 0.190. The summed E-state index contributed by atoms with van der Waals surface area (Å²) < 4.78 is 1.44. The van der Waals surface area contributed by atoms with Gasteiger partial charge in [0.15, 0.2) is 0 Å². The van der Waals surface area contributed by atoms with Crippen LogP contribution in [-0.2, 0) is 0 Å². The van der Waals surface area contributed by atoms with Gasteiger partial charge in [0, 0.05) is 35.1 Å². The van der Waals surface area contributed by atoms with Crippen LogP contribution in [-0.4, -0.2) is 20.6 Å². The molecule has 5 nitrogen and oxygen atoms in total. The van der Waals surface area contributed by atoms with Crippen LogP contribution in [0.3, 0.4) is 0 Å². The summed E-state index contributed by atoms with van der Waals surface area (Å²) in [5.74, 6) is 0.432. The Kier molecular flexibility index (Phi) is 3.13. The molecule has 2 aromatic heterocycles. The van der Waals surface area contributed by atoms with Gasteiger partial charge in [-0.2, -0.15) is 0 Å². The van der Waals surface area contributed by atoms with Gasteiger partial charge in [-0.05, 0) is 35.4 Å². The topological polar surface area (TPSA) is 59.8 Å². The molecule has 26 heavy (non-hydrogen) atoms. The second kappa shape index (κ2) is 5.39. The Morgan fingerprint density at radius 2 is 2.15 bits per heavy atom. The van der Waals surface area contributed by atoms with E-state index >= 15 is 0 Å². The third kappa shape index (κ3) is 2.28. The third-order valence-corrected chi connectivity index (χ3v) is 5.52. The molecule has 2 heterocycles.